The molecule has 0 heterocycles. The summed E-state index contributed by atoms with van der Waals surface area (Å²) < 4.78 is 0. The van der Waals surface area contributed by atoms with Crippen LogP contribution in [0, 0.1) is 30.3 Å². The minimum Gasteiger partial charge on any atom is -0.394 e. The minimum absolute atomic E-state index is 0.726. The Bertz CT molecular complexity index is 285. The van der Waals surface area contributed by atoms with E-state index in [4.69, 9.17) is 76.6 Å². The van der Waals surface area contributed by atoms with E-state index in [1.807, 2.05) is 0 Å². The molecule has 0 spiro atoms. The molecule has 0 aromatic rings. The SMILES string of the molecule is O=[N+]([O-])O.O=[N+]([O-])O.O=[N+]([O-])O.OCC(O)C(O)C(O)C(O)CO. The van der Waals surface area contributed by atoms with Crippen molar-refractivity contribution in [3.63, 3.8) is 0 Å². The number of hydrogen-bond donors (Lipinski definition) is 9. The summed E-state index contributed by atoms with van der Waals surface area (Å²) in [5, 5.41) is 93.1. The molecule has 146 valence electrons. The Kier molecular flexibility index (Phi) is 22.5. The van der Waals surface area contributed by atoms with Crippen molar-refractivity contribution in [2.24, 2.45) is 0 Å². The van der Waals surface area contributed by atoms with E-state index in [0.717, 1.165) is 0 Å². The first-order valence-corrected chi connectivity index (χ1v) is 5.18. The first-order valence-electron chi connectivity index (χ1n) is 5.18. The zero-order valence-corrected chi connectivity index (χ0v) is 11.5. The predicted octanol–water partition coefficient (Wildman–Crippen LogP) is -4.63. The molecule has 0 aliphatic carbocycles. The van der Waals surface area contributed by atoms with Gasteiger partial charge in [-0.1, -0.05) is 0 Å². The van der Waals surface area contributed by atoms with Crippen LogP contribution >= 0.6 is 0 Å². The molecule has 0 saturated heterocycles. The van der Waals surface area contributed by atoms with Crippen LogP contribution in [0.5, 0.6) is 0 Å². The van der Waals surface area contributed by atoms with Gasteiger partial charge >= 0.3 is 0 Å². The lowest BCUT2D eigenvalue weighted by Crippen LogP contribution is -2.46. The van der Waals surface area contributed by atoms with Gasteiger partial charge < -0.3 is 46.3 Å². The molecule has 0 bridgehead atoms. The summed E-state index contributed by atoms with van der Waals surface area (Å²) in [4.78, 5) is 25.1. The lowest BCUT2D eigenvalue weighted by atomic mass is 10.0. The van der Waals surface area contributed by atoms with Gasteiger partial charge in [0.25, 0.3) is 15.3 Å². The van der Waals surface area contributed by atoms with Gasteiger partial charge in [0.2, 0.25) is 0 Å². The molecule has 4 unspecified atom stereocenters. The van der Waals surface area contributed by atoms with Crippen LogP contribution < -0.4 is 0 Å². The molecule has 0 rings (SSSR count). The average Bonchev–Trinajstić information content (AvgIpc) is 2.42. The van der Waals surface area contributed by atoms with Crippen LogP contribution in [0.1, 0.15) is 0 Å². The first-order chi connectivity index (χ1) is 10.7. The van der Waals surface area contributed by atoms with E-state index in [2.05, 4.69) is 0 Å². The van der Waals surface area contributed by atoms with Crippen molar-refractivity contribution in [2.45, 2.75) is 24.4 Å². The Labute approximate surface area is 131 Å². The van der Waals surface area contributed by atoms with Gasteiger partial charge in [0, 0.05) is 0 Å². The van der Waals surface area contributed by atoms with E-state index < -0.39 is 52.9 Å². The monoisotopic (exact) mass is 371 g/mol. The second-order valence-corrected chi connectivity index (χ2v) is 3.19. The van der Waals surface area contributed by atoms with Gasteiger partial charge in [-0.2, -0.15) is 0 Å². The predicted molar refractivity (Wildman–Crippen MR) is 64.5 cm³/mol. The van der Waals surface area contributed by atoms with Gasteiger partial charge in [0.05, 0.1) is 13.2 Å². The third kappa shape index (κ3) is 36.6. The fraction of sp³-hybridized carbons (Fsp3) is 1.00. The number of nitrogens with zero attached hydrogens (tertiary/aromatic N) is 3. The highest BCUT2D eigenvalue weighted by molar-refractivity contribution is 4.79. The molecule has 0 fully saturated rings. The Morgan fingerprint density at radius 2 is 0.750 bits per heavy atom. The smallest absolute Gasteiger partial charge is 0.291 e. The van der Waals surface area contributed by atoms with Gasteiger partial charge in [-0.05, 0) is 0 Å². The molecule has 0 aromatic heterocycles. The first kappa shape index (κ1) is 29.4. The maximum Gasteiger partial charge on any atom is 0.291 e. The van der Waals surface area contributed by atoms with Crippen LogP contribution in [-0.4, -0.2) is 99.2 Å². The maximum absolute atomic E-state index is 8.96. The van der Waals surface area contributed by atoms with Crippen molar-refractivity contribution in [3.05, 3.63) is 30.3 Å². The Hall–Kier alpha value is -2.64. The van der Waals surface area contributed by atoms with Gasteiger partial charge in [-0.15, -0.1) is 30.3 Å². The van der Waals surface area contributed by atoms with E-state index in [9.17, 15) is 0 Å². The van der Waals surface area contributed by atoms with E-state index in [1.165, 1.54) is 0 Å². The van der Waals surface area contributed by atoms with Crippen LogP contribution in [0.15, 0.2) is 0 Å². The summed E-state index contributed by atoms with van der Waals surface area (Å²) >= 11 is 0. The fourth-order valence-corrected chi connectivity index (χ4v) is 0.671. The van der Waals surface area contributed by atoms with E-state index >= 15 is 0 Å². The van der Waals surface area contributed by atoms with Crippen LogP contribution in [0.3, 0.4) is 0 Å². The Morgan fingerprint density at radius 3 is 0.833 bits per heavy atom. The molecule has 0 aliphatic rings. The average molecular weight is 371 g/mol. The van der Waals surface area contributed by atoms with Gasteiger partial charge in [0.1, 0.15) is 24.4 Å². The summed E-state index contributed by atoms with van der Waals surface area (Å²) in [5.41, 5.74) is 0. The Balaban J connectivity index is -0.000000137. The Morgan fingerprint density at radius 1 is 0.625 bits per heavy atom. The van der Waals surface area contributed by atoms with E-state index in [1.54, 1.807) is 0 Å². The normalized spacial score (nSPS) is 13.8. The quantitative estimate of drug-likeness (QED) is 0.162. The molecular weight excluding hydrogens is 354 g/mol. The van der Waals surface area contributed by atoms with Crippen LogP contribution in [0.2, 0.25) is 0 Å². The molecule has 18 heteroatoms. The minimum atomic E-state index is -1.67. The maximum atomic E-state index is 8.96. The lowest BCUT2D eigenvalue weighted by Gasteiger charge is -2.24. The molecule has 0 aromatic carbocycles. The highest BCUT2D eigenvalue weighted by Crippen LogP contribution is 2.03. The topological polar surface area (TPSA) is 311 Å². The zero-order valence-electron chi connectivity index (χ0n) is 11.5. The van der Waals surface area contributed by atoms with Crippen molar-refractivity contribution in [2.75, 3.05) is 13.2 Å². The second-order valence-electron chi connectivity index (χ2n) is 3.19. The molecule has 4 atom stereocenters. The van der Waals surface area contributed by atoms with Crippen LogP contribution in [0.25, 0.3) is 0 Å². The summed E-state index contributed by atoms with van der Waals surface area (Å²) in [6, 6.07) is 0. The van der Waals surface area contributed by atoms with Crippen molar-refractivity contribution in [1.82, 2.24) is 0 Å². The van der Waals surface area contributed by atoms with Crippen molar-refractivity contribution < 1.29 is 61.5 Å². The van der Waals surface area contributed by atoms with Gasteiger partial charge in [-0.25, -0.2) is 0 Å². The summed E-state index contributed by atoms with van der Waals surface area (Å²) in [6.07, 6.45) is -6.39. The molecule has 18 nitrogen and oxygen atoms in total. The van der Waals surface area contributed by atoms with Crippen LogP contribution in [-0.2, 0) is 0 Å². The van der Waals surface area contributed by atoms with Gasteiger partial charge in [0.15, 0.2) is 0 Å². The number of rotatable bonds is 5. The van der Waals surface area contributed by atoms with E-state index in [0.29, 0.717) is 0 Å². The number of hydrogen-bond acceptors (Lipinski definition) is 12. The summed E-state index contributed by atoms with van der Waals surface area (Å²) in [5.74, 6) is 0. The molecule has 24 heavy (non-hydrogen) atoms. The van der Waals surface area contributed by atoms with Gasteiger partial charge in [-0.3, -0.25) is 0 Å². The third-order valence-electron chi connectivity index (χ3n) is 1.51. The second kappa shape index (κ2) is 18.4. The number of aliphatic hydroxyl groups excluding tert-OH is 6. The van der Waals surface area contributed by atoms with Crippen molar-refractivity contribution >= 4 is 0 Å². The number of aliphatic hydroxyl groups is 6. The highest BCUT2D eigenvalue weighted by Gasteiger charge is 2.29. The fourth-order valence-electron chi connectivity index (χ4n) is 0.671. The van der Waals surface area contributed by atoms with Crippen molar-refractivity contribution in [3.8, 4) is 0 Å². The summed E-state index contributed by atoms with van der Waals surface area (Å²) in [6.45, 7) is -1.45. The van der Waals surface area contributed by atoms with E-state index in [-0.39, 0.29) is 0 Å². The van der Waals surface area contributed by atoms with Crippen molar-refractivity contribution in [1.29, 1.82) is 0 Å². The highest BCUT2D eigenvalue weighted by atomic mass is 16.9. The van der Waals surface area contributed by atoms with Crippen LogP contribution in [0.4, 0.5) is 0 Å². The lowest BCUT2D eigenvalue weighted by molar-refractivity contribution is -0.742. The standard InChI is InChI=1S/C6H14O6.3HNO3/c7-1-3(9)5(11)6(12)4(10)2-8;3*2-1(3)4/h3-12H,1-2H2;3*(H,2,3,4). The molecular formula is C6H17N3O15. The molecule has 9 N–H and O–H groups in total. The molecule has 0 saturated carbocycles. The largest absolute Gasteiger partial charge is 0.394 e. The zero-order chi connectivity index (χ0) is 20.5. The molecule has 0 amide bonds. The third-order valence-corrected chi connectivity index (χ3v) is 1.51. The summed E-state index contributed by atoms with van der Waals surface area (Å²) in [7, 11) is 0. The molecule has 0 radical (unpaired) electrons. The molecule has 0 aliphatic heterocycles.